The third kappa shape index (κ3) is 4.29. The summed E-state index contributed by atoms with van der Waals surface area (Å²) >= 11 is 1.99. The topological polar surface area (TPSA) is 0 Å². The first-order valence-corrected chi connectivity index (χ1v) is 7.13. The van der Waals surface area contributed by atoms with Crippen molar-refractivity contribution in [3.05, 3.63) is 29.3 Å². The number of hydrogen-bond donors (Lipinski definition) is 0. The fourth-order valence-corrected chi connectivity index (χ4v) is 2.51. The van der Waals surface area contributed by atoms with E-state index in [1.54, 1.807) is 5.56 Å². The van der Waals surface area contributed by atoms with Gasteiger partial charge in [0.25, 0.3) is 0 Å². The maximum Gasteiger partial charge on any atom is 0.0105 e. The van der Waals surface area contributed by atoms with Gasteiger partial charge in [-0.1, -0.05) is 46.8 Å². The minimum atomic E-state index is 1.16. The van der Waals surface area contributed by atoms with Gasteiger partial charge in [0.1, 0.15) is 0 Å². The summed E-state index contributed by atoms with van der Waals surface area (Å²) in [7, 11) is 0. The molecular formula is C14H24S. The Morgan fingerprint density at radius 2 is 1.80 bits per heavy atom. The van der Waals surface area contributed by atoms with Gasteiger partial charge < -0.3 is 0 Å². The summed E-state index contributed by atoms with van der Waals surface area (Å²) in [6.45, 7) is 10.2. The van der Waals surface area contributed by atoms with Crippen LogP contribution in [0.25, 0.3) is 0 Å². The molecule has 2 rings (SSSR count). The van der Waals surface area contributed by atoms with E-state index >= 15 is 0 Å². The molecule has 1 aliphatic rings. The van der Waals surface area contributed by atoms with Gasteiger partial charge in [0.05, 0.1) is 0 Å². The third-order valence-corrected chi connectivity index (χ3v) is 3.28. The Morgan fingerprint density at radius 3 is 2.40 bits per heavy atom. The van der Waals surface area contributed by atoms with E-state index in [2.05, 4.69) is 25.1 Å². The van der Waals surface area contributed by atoms with Crippen LogP contribution in [0.2, 0.25) is 0 Å². The molecule has 0 saturated heterocycles. The van der Waals surface area contributed by atoms with Gasteiger partial charge >= 0.3 is 0 Å². The summed E-state index contributed by atoms with van der Waals surface area (Å²) in [6.07, 6.45) is 2.44. The first-order chi connectivity index (χ1) is 7.40. The van der Waals surface area contributed by atoms with Crippen LogP contribution < -0.4 is 0 Å². The molecule has 0 saturated carbocycles. The number of aryl methyl sites for hydroxylation is 2. The zero-order valence-corrected chi connectivity index (χ0v) is 11.6. The van der Waals surface area contributed by atoms with Crippen LogP contribution in [-0.2, 0) is 12.8 Å². The predicted molar refractivity (Wildman–Crippen MR) is 72.9 cm³/mol. The molecule has 1 aromatic rings. The molecule has 0 aliphatic carbocycles. The Labute approximate surface area is 99.5 Å². The highest BCUT2D eigenvalue weighted by atomic mass is 32.2. The number of benzene rings is 1. The van der Waals surface area contributed by atoms with Crippen molar-refractivity contribution in [3.63, 3.8) is 0 Å². The number of thioether (sulfide) groups is 1. The molecule has 1 aliphatic heterocycles. The molecule has 1 heterocycles. The van der Waals surface area contributed by atoms with Gasteiger partial charge in [0.15, 0.2) is 0 Å². The van der Waals surface area contributed by atoms with Gasteiger partial charge in [-0.05, 0) is 30.0 Å². The molecule has 0 nitrogen and oxygen atoms in total. The van der Waals surface area contributed by atoms with Crippen LogP contribution in [0, 0.1) is 0 Å². The normalized spacial score (nSPS) is 11.8. The average Bonchev–Trinajstić information content (AvgIpc) is 2.81. The highest BCUT2D eigenvalue weighted by molar-refractivity contribution is 7.99. The van der Waals surface area contributed by atoms with E-state index in [1.165, 1.54) is 22.6 Å². The Hall–Kier alpha value is -0.430. The zero-order valence-electron chi connectivity index (χ0n) is 10.8. The van der Waals surface area contributed by atoms with Crippen LogP contribution in [0.3, 0.4) is 0 Å². The van der Waals surface area contributed by atoms with E-state index in [-0.39, 0.29) is 0 Å². The van der Waals surface area contributed by atoms with Gasteiger partial charge in [0, 0.05) is 10.6 Å². The van der Waals surface area contributed by atoms with Crippen LogP contribution in [0.4, 0.5) is 0 Å². The molecule has 0 amide bonds. The third-order valence-electron chi connectivity index (χ3n) is 2.16. The smallest absolute Gasteiger partial charge is 0.0105 e. The van der Waals surface area contributed by atoms with E-state index in [4.69, 9.17) is 0 Å². The van der Waals surface area contributed by atoms with E-state index in [0.29, 0.717) is 0 Å². The molecular weight excluding hydrogens is 200 g/mol. The molecule has 0 fully saturated rings. The second-order valence-electron chi connectivity index (χ2n) is 2.89. The molecule has 0 radical (unpaired) electrons. The van der Waals surface area contributed by atoms with E-state index in [0.717, 1.165) is 6.42 Å². The van der Waals surface area contributed by atoms with Crippen LogP contribution in [0.15, 0.2) is 23.1 Å². The monoisotopic (exact) mass is 224 g/mol. The first-order valence-electron chi connectivity index (χ1n) is 6.15. The van der Waals surface area contributed by atoms with Crippen molar-refractivity contribution in [2.75, 3.05) is 5.75 Å². The van der Waals surface area contributed by atoms with Gasteiger partial charge in [-0.3, -0.25) is 0 Å². The first kappa shape index (κ1) is 14.6. The Balaban J connectivity index is 0.000000442. The Morgan fingerprint density at radius 1 is 1.13 bits per heavy atom. The van der Waals surface area contributed by atoms with E-state index in [1.807, 2.05) is 39.5 Å². The molecule has 0 bridgehead atoms. The van der Waals surface area contributed by atoms with Crippen molar-refractivity contribution in [3.8, 4) is 0 Å². The summed E-state index contributed by atoms with van der Waals surface area (Å²) < 4.78 is 0. The van der Waals surface area contributed by atoms with Crippen LogP contribution in [0.5, 0.6) is 0 Å². The second-order valence-corrected chi connectivity index (χ2v) is 4.03. The second kappa shape index (κ2) is 8.84. The quantitative estimate of drug-likeness (QED) is 0.650. The van der Waals surface area contributed by atoms with Crippen molar-refractivity contribution in [2.24, 2.45) is 0 Å². The maximum atomic E-state index is 2.36. The van der Waals surface area contributed by atoms with Crippen LogP contribution in [-0.4, -0.2) is 5.75 Å². The Kier molecular flexibility index (Phi) is 8.59. The molecule has 1 heteroatoms. The lowest BCUT2D eigenvalue weighted by Gasteiger charge is -2.00. The Bertz CT molecular complexity index is 266. The van der Waals surface area contributed by atoms with Gasteiger partial charge in [-0.25, -0.2) is 0 Å². The fourth-order valence-electron chi connectivity index (χ4n) is 1.46. The van der Waals surface area contributed by atoms with E-state index < -0.39 is 0 Å². The predicted octanol–water partition coefficient (Wildman–Crippen LogP) is 4.95. The highest BCUT2D eigenvalue weighted by Gasteiger charge is 2.10. The van der Waals surface area contributed by atoms with Crippen molar-refractivity contribution in [1.29, 1.82) is 0 Å². The summed E-state index contributed by atoms with van der Waals surface area (Å²) in [4.78, 5) is 1.50. The lowest BCUT2D eigenvalue weighted by atomic mass is 10.1. The summed E-state index contributed by atoms with van der Waals surface area (Å²) in [5, 5.41) is 0. The van der Waals surface area contributed by atoms with E-state index in [9.17, 15) is 0 Å². The molecule has 0 aromatic heterocycles. The highest BCUT2D eigenvalue weighted by Crippen LogP contribution is 2.31. The molecule has 0 N–H and O–H groups in total. The summed E-state index contributed by atoms with van der Waals surface area (Å²) in [5.74, 6) is 1.28. The minimum absolute atomic E-state index is 1.16. The number of fused-ring (bicyclic) bond motifs is 1. The standard InChI is InChI=1S/C10H12S.2C2H6/c1-2-8-3-4-10-9(7-8)5-6-11-10;2*1-2/h3-4,7H,2,5-6H2,1H3;2*1-2H3. The van der Waals surface area contributed by atoms with Gasteiger partial charge in [-0.2, -0.15) is 0 Å². The minimum Gasteiger partial charge on any atom is -0.126 e. The molecule has 0 spiro atoms. The zero-order chi connectivity index (χ0) is 11.7. The molecule has 86 valence electrons. The molecule has 1 aromatic carbocycles. The average molecular weight is 224 g/mol. The largest absolute Gasteiger partial charge is 0.126 e. The number of rotatable bonds is 1. The SMILES string of the molecule is CC.CC.CCc1ccc2c(c1)CCS2. The lowest BCUT2D eigenvalue weighted by molar-refractivity contribution is 1.08. The summed E-state index contributed by atoms with van der Waals surface area (Å²) in [5.41, 5.74) is 3.04. The van der Waals surface area contributed by atoms with Gasteiger partial charge in [-0.15, -0.1) is 11.8 Å². The lowest BCUT2D eigenvalue weighted by Crippen LogP contribution is -1.84. The van der Waals surface area contributed by atoms with Crippen molar-refractivity contribution >= 4 is 11.8 Å². The van der Waals surface area contributed by atoms with Crippen molar-refractivity contribution < 1.29 is 0 Å². The molecule has 0 unspecified atom stereocenters. The van der Waals surface area contributed by atoms with Crippen LogP contribution in [0.1, 0.15) is 45.7 Å². The van der Waals surface area contributed by atoms with Crippen LogP contribution >= 0.6 is 11.8 Å². The molecule has 15 heavy (non-hydrogen) atoms. The van der Waals surface area contributed by atoms with Crippen molar-refractivity contribution in [2.45, 2.75) is 52.4 Å². The summed E-state index contributed by atoms with van der Waals surface area (Å²) in [6, 6.07) is 6.87. The van der Waals surface area contributed by atoms with Gasteiger partial charge in [0.2, 0.25) is 0 Å². The number of hydrogen-bond acceptors (Lipinski definition) is 1. The fraction of sp³-hybridized carbons (Fsp3) is 0.571. The molecule has 0 atom stereocenters. The maximum absolute atomic E-state index is 2.36. The van der Waals surface area contributed by atoms with Crippen molar-refractivity contribution in [1.82, 2.24) is 0 Å².